The first-order valence-electron chi connectivity index (χ1n) is 6.02. The van der Waals surface area contributed by atoms with Crippen LogP contribution in [0.25, 0.3) is 11.3 Å². The summed E-state index contributed by atoms with van der Waals surface area (Å²) in [4.78, 5) is 15.7. The molecule has 0 saturated heterocycles. The molecule has 1 aromatic carbocycles. The number of nitrogens with zero attached hydrogens (tertiary/aromatic N) is 1. The average Bonchev–Trinajstić information content (AvgIpc) is 2.38. The van der Waals surface area contributed by atoms with Crippen LogP contribution < -0.4 is 0 Å². The van der Waals surface area contributed by atoms with Gasteiger partial charge >= 0.3 is 5.97 Å². The van der Waals surface area contributed by atoms with Gasteiger partial charge < -0.3 is 5.11 Å². The third-order valence-corrected chi connectivity index (χ3v) is 3.19. The normalized spacial score (nSPS) is 10.5. The molecule has 3 nitrogen and oxygen atoms in total. The minimum absolute atomic E-state index is 0.269. The molecule has 0 radical (unpaired) electrons. The lowest BCUT2D eigenvalue weighted by atomic mass is 10.0. The van der Waals surface area contributed by atoms with Gasteiger partial charge in [-0.3, -0.25) is 4.98 Å². The van der Waals surface area contributed by atoms with Crippen LogP contribution in [0, 0.1) is 6.92 Å². The van der Waals surface area contributed by atoms with Crippen molar-refractivity contribution in [1.82, 2.24) is 4.98 Å². The third-order valence-electron chi connectivity index (χ3n) is 2.96. The standard InChI is InChI=1S/C15H14ClNO2/c1-3-13-12(15(18)19)7-9(2)14(17-13)10-5-4-6-11(16)8-10/h4-8H,3H2,1-2H3,(H,18,19). The maximum atomic E-state index is 11.2. The Morgan fingerprint density at radius 1 is 1.37 bits per heavy atom. The lowest BCUT2D eigenvalue weighted by Gasteiger charge is -2.10. The highest BCUT2D eigenvalue weighted by atomic mass is 35.5. The molecule has 1 heterocycles. The van der Waals surface area contributed by atoms with Crippen LogP contribution in [0.15, 0.2) is 30.3 Å². The number of aryl methyl sites for hydroxylation is 2. The third kappa shape index (κ3) is 2.76. The number of rotatable bonds is 3. The Morgan fingerprint density at radius 3 is 2.68 bits per heavy atom. The molecule has 0 saturated carbocycles. The largest absolute Gasteiger partial charge is 0.478 e. The van der Waals surface area contributed by atoms with E-state index in [1.807, 2.05) is 32.0 Å². The van der Waals surface area contributed by atoms with Gasteiger partial charge in [0.2, 0.25) is 0 Å². The van der Waals surface area contributed by atoms with Crippen LogP contribution in [0.4, 0.5) is 0 Å². The molecule has 0 aliphatic rings. The summed E-state index contributed by atoms with van der Waals surface area (Å²) in [5, 5.41) is 9.80. The molecule has 98 valence electrons. The summed E-state index contributed by atoms with van der Waals surface area (Å²) in [5.74, 6) is -0.940. The van der Waals surface area contributed by atoms with E-state index in [1.165, 1.54) is 0 Å². The second kappa shape index (κ2) is 5.41. The van der Waals surface area contributed by atoms with Crippen molar-refractivity contribution in [3.8, 4) is 11.3 Å². The summed E-state index contributed by atoms with van der Waals surface area (Å²) in [6.07, 6.45) is 0.579. The maximum Gasteiger partial charge on any atom is 0.337 e. The molecule has 0 aliphatic carbocycles. The molecule has 0 atom stereocenters. The summed E-state index contributed by atoms with van der Waals surface area (Å²) < 4.78 is 0. The molecular formula is C15H14ClNO2. The van der Waals surface area contributed by atoms with Gasteiger partial charge in [0.1, 0.15) is 0 Å². The second-order valence-corrected chi connectivity index (χ2v) is 4.75. The topological polar surface area (TPSA) is 50.2 Å². The van der Waals surface area contributed by atoms with Gasteiger partial charge in [-0.25, -0.2) is 4.79 Å². The fourth-order valence-corrected chi connectivity index (χ4v) is 2.22. The number of halogens is 1. The molecule has 0 fully saturated rings. The van der Waals surface area contributed by atoms with E-state index in [0.29, 0.717) is 17.1 Å². The highest BCUT2D eigenvalue weighted by molar-refractivity contribution is 6.30. The van der Waals surface area contributed by atoms with E-state index in [-0.39, 0.29) is 5.56 Å². The van der Waals surface area contributed by atoms with Crippen LogP contribution in [0.1, 0.15) is 28.5 Å². The fourth-order valence-electron chi connectivity index (χ4n) is 2.03. The number of benzene rings is 1. The van der Waals surface area contributed by atoms with Gasteiger partial charge in [0.05, 0.1) is 17.0 Å². The van der Waals surface area contributed by atoms with Crippen molar-refractivity contribution >= 4 is 17.6 Å². The van der Waals surface area contributed by atoms with E-state index < -0.39 is 5.97 Å². The van der Waals surface area contributed by atoms with Crippen molar-refractivity contribution in [2.75, 3.05) is 0 Å². The van der Waals surface area contributed by atoms with Gasteiger partial charge in [-0.1, -0.05) is 30.7 Å². The van der Waals surface area contributed by atoms with Crippen molar-refractivity contribution < 1.29 is 9.90 Å². The first-order valence-corrected chi connectivity index (χ1v) is 6.40. The molecule has 4 heteroatoms. The van der Waals surface area contributed by atoms with Gasteiger partial charge in [-0.05, 0) is 37.1 Å². The number of hydrogen-bond donors (Lipinski definition) is 1. The predicted molar refractivity (Wildman–Crippen MR) is 75.8 cm³/mol. The Morgan fingerprint density at radius 2 is 2.11 bits per heavy atom. The Bertz CT molecular complexity index is 638. The quantitative estimate of drug-likeness (QED) is 0.922. The van der Waals surface area contributed by atoms with Crippen LogP contribution >= 0.6 is 11.6 Å². The van der Waals surface area contributed by atoms with Gasteiger partial charge in [0, 0.05) is 10.6 Å². The van der Waals surface area contributed by atoms with Crippen molar-refractivity contribution in [3.05, 3.63) is 52.2 Å². The summed E-state index contributed by atoms with van der Waals surface area (Å²) in [6, 6.07) is 9.07. The van der Waals surface area contributed by atoms with Gasteiger partial charge in [0.25, 0.3) is 0 Å². The molecule has 19 heavy (non-hydrogen) atoms. The van der Waals surface area contributed by atoms with Crippen LogP contribution in [-0.4, -0.2) is 16.1 Å². The predicted octanol–water partition coefficient (Wildman–Crippen LogP) is 3.97. The Balaban J connectivity index is 2.62. The molecule has 0 spiro atoms. The van der Waals surface area contributed by atoms with E-state index >= 15 is 0 Å². The van der Waals surface area contributed by atoms with Crippen LogP contribution in [-0.2, 0) is 6.42 Å². The van der Waals surface area contributed by atoms with Gasteiger partial charge in [-0.2, -0.15) is 0 Å². The van der Waals surface area contributed by atoms with Crippen molar-refractivity contribution in [2.24, 2.45) is 0 Å². The molecular weight excluding hydrogens is 262 g/mol. The van der Waals surface area contributed by atoms with E-state index in [4.69, 9.17) is 16.7 Å². The minimum Gasteiger partial charge on any atom is -0.478 e. The number of carboxylic acids is 1. The molecule has 2 aromatic rings. The lowest BCUT2D eigenvalue weighted by molar-refractivity contribution is 0.0695. The first-order chi connectivity index (χ1) is 9.02. The number of carboxylic acid groups (broad SMARTS) is 1. The molecule has 1 aromatic heterocycles. The van der Waals surface area contributed by atoms with E-state index in [2.05, 4.69) is 4.98 Å². The number of hydrogen-bond acceptors (Lipinski definition) is 2. The minimum atomic E-state index is -0.940. The average molecular weight is 276 g/mol. The van der Waals surface area contributed by atoms with Crippen molar-refractivity contribution in [3.63, 3.8) is 0 Å². The summed E-state index contributed by atoms with van der Waals surface area (Å²) >= 11 is 5.98. The number of aromatic carboxylic acids is 1. The zero-order chi connectivity index (χ0) is 14.0. The van der Waals surface area contributed by atoms with Gasteiger partial charge in [0.15, 0.2) is 0 Å². The number of pyridine rings is 1. The smallest absolute Gasteiger partial charge is 0.337 e. The van der Waals surface area contributed by atoms with Crippen molar-refractivity contribution in [1.29, 1.82) is 0 Å². The highest BCUT2D eigenvalue weighted by Gasteiger charge is 2.14. The monoisotopic (exact) mass is 275 g/mol. The fraction of sp³-hybridized carbons (Fsp3) is 0.200. The van der Waals surface area contributed by atoms with Gasteiger partial charge in [-0.15, -0.1) is 0 Å². The molecule has 0 aliphatic heterocycles. The maximum absolute atomic E-state index is 11.2. The van der Waals surface area contributed by atoms with Crippen molar-refractivity contribution in [2.45, 2.75) is 20.3 Å². The molecule has 0 unspecified atom stereocenters. The summed E-state index contributed by atoms with van der Waals surface area (Å²) in [5.41, 5.74) is 3.37. The van der Waals surface area contributed by atoms with Crippen LogP contribution in [0.3, 0.4) is 0 Å². The first kappa shape index (κ1) is 13.6. The number of aromatic nitrogens is 1. The molecule has 0 amide bonds. The molecule has 0 bridgehead atoms. The summed E-state index contributed by atoms with van der Waals surface area (Å²) in [7, 11) is 0. The number of carbonyl (C=O) groups is 1. The van der Waals surface area contributed by atoms with Crippen LogP contribution in [0.2, 0.25) is 5.02 Å². The highest BCUT2D eigenvalue weighted by Crippen LogP contribution is 2.26. The lowest BCUT2D eigenvalue weighted by Crippen LogP contribution is -2.06. The second-order valence-electron chi connectivity index (χ2n) is 4.32. The van der Waals surface area contributed by atoms with E-state index in [9.17, 15) is 4.79 Å². The Labute approximate surface area is 116 Å². The Hall–Kier alpha value is -1.87. The van der Waals surface area contributed by atoms with Crippen LogP contribution in [0.5, 0.6) is 0 Å². The summed E-state index contributed by atoms with van der Waals surface area (Å²) in [6.45, 7) is 3.75. The molecule has 1 N–H and O–H groups in total. The SMILES string of the molecule is CCc1nc(-c2cccc(Cl)c2)c(C)cc1C(=O)O. The zero-order valence-electron chi connectivity index (χ0n) is 10.8. The van der Waals surface area contributed by atoms with E-state index in [1.54, 1.807) is 12.1 Å². The Kier molecular flexibility index (Phi) is 3.86. The zero-order valence-corrected chi connectivity index (χ0v) is 11.5. The van der Waals surface area contributed by atoms with E-state index in [0.717, 1.165) is 16.8 Å². The molecule has 2 rings (SSSR count).